The first kappa shape index (κ1) is 17.5. The molecule has 0 spiro atoms. The molecule has 0 atom stereocenters. The van der Waals surface area contributed by atoms with Crippen LogP contribution in [0.4, 0.5) is 0 Å². The van der Waals surface area contributed by atoms with Gasteiger partial charge in [0, 0.05) is 10.4 Å². The van der Waals surface area contributed by atoms with Gasteiger partial charge in [0.25, 0.3) is 0 Å². The van der Waals surface area contributed by atoms with Crippen LogP contribution in [0.2, 0.25) is 5.02 Å². The van der Waals surface area contributed by atoms with E-state index in [1.54, 1.807) is 24.3 Å². The molecule has 0 bridgehead atoms. The Balaban J connectivity index is 1.69. The molecular formula is C19H16ClNO3S. The molecule has 4 nitrogen and oxygen atoms in total. The van der Waals surface area contributed by atoms with Gasteiger partial charge >= 0.3 is 5.97 Å². The number of carbonyl (C=O) groups excluding carboxylic acids is 1. The summed E-state index contributed by atoms with van der Waals surface area (Å²) in [4.78, 5) is 16.6. The molecule has 0 aliphatic heterocycles. The van der Waals surface area contributed by atoms with Crippen molar-refractivity contribution in [2.75, 3.05) is 6.61 Å². The first-order valence-corrected chi connectivity index (χ1v) is 9.04. The fourth-order valence-corrected chi connectivity index (χ4v) is 3.23. The minimum atomic E-state index is -0.364. The predicted molar refractivity (Wildman–Crippen MR) is 99.5 cm³/mol. The van der Waals surface area contributed by atoms with Gasteiger partial charge in [0.1, 0.15) is 16.5 Å². The van der Waals surface area contributed by atoms with Crippen LogP contribution in [0.25, 0.3) is 10.6 Å². The number of ether oxygens (including phenoxy) is 2. The summed E-state index contributed by atoms with van der Waals surface area (Å²) >= 11 is 7.29. The molecule has 0 radical (unpaired) electrons. The van der Waals surface area contributed by atoms with Crippen molar-refractivity contribution < 1.29 is 14.3 Å². The molecule has 6 heteroatoms. The van der Waals surface area contributed by atoms with Crippen LogP contribution in [-0.2, 0) is 11.2 Å². The zero-order valence-corrected chi connectivity index (χ0v) is 15.1. The topological polar surface area (TPSA) is 48.4 Å². The Hall–Kier alpha value is -2.37. The molecule has 0 saturated heterocycles. The van der Waals surface area contributed by atoms with Crippen molar-refractivity contribution >= 4 is 28.9 Å². The number of para-hydroxylation sites is 1. The molecule has 128 valence electrons. The van der Waals surface area contributed by atoms with Crippen molar-refractivity contribution in [3.05, 3.63) is 64.6 Å². The normalized spacial score (nSPS) is 10.5. The fourth-order valence-electron chi connectivity index (χ4n) is 2.25. The van der Waals surface area contributed by atoms with Gasteiger partial charge < -0.3 is 9.47 Å². The molecular weight excluding hydrogens is 358 g/mol. The Morgan fingerprint density at radius 1 is 1.16 bits per heavy atom. The third-order valence-corrected chi connectivity index (χ3v) is 4.52. The number of hydrogen-bond donors (Lipinski definition) is 0. The Labute approximate surface area is 155 Å². The number of hydrogen-bond acceptors (Lipinski definition) is 5. The van der Waals surface area contributed by atoms with Gasteiger partial charge in [-0.3, -0.25) is 4.79 Å². The van der Waals surface area contributed by atoms with Gasteiger partial charge in [0.2, 0.25) is 0 Å². The highest BCUT2D eigenvalue weighted by molar-refractivity contribution is 7.13. The van der Waals surface area contributed by atoms with Crippen molar-refractivity contribution in [2.45, 2.75) is 13.3 Å². The van der Waals surface area contributed by atoms with Gasteiger partial charge in [-0.1, -0.05) is 23.7 Å². The molecule has 1 aromatic heterocycles. The maximum Gasteiger partial charge on any atom is 0.317 e. The standard InChI is InChI=1S/C19H16ClNO3S/c1-2-23-17-6-4-3-5-16(17)19-21-14(12-25-19)11-18(22)24-15-9-7-13(20)8-10-15/h3-10,12H,2,11H2,1H3. The van der Waals surface area contributed by atoms with Gasteiger partial charge in [-0.05, 0) is 43.3 Å². The SMILES string of the molecule is CCOc1ccccc1-c1nc(CC(=O)Oc2ccc(Cl)cc2)cs1. The summed E-state index contributed by atoms with van der Waals surface area (Å²) in [6.07, 6.45) is 0.107. The second-order valence-corrected chi connectivity index (χ2v) is 6.47. The van der Waals surface area contributed by atoms with Gasteiger partial charge in [-0.15, -0.1) is 11.3 Å². The van der Waals surface area contributed by atoms with Crippen molar-refractivity contribution in [3.63, 3.8) is 0 Å². The molecule has 0 amide bonds. The average molecular weight is 374 g/mol. The van der Waals surface area contributed by atoms with E-state index in [0.717, 1.165) is 16.3 Å². The minimum absolute atomic E-state index is 0.107. The van der Waals surface area contributed by atoms with Crippen molar-refractivity contribution in [1.29, 1.82) is 0 Å². The lowest BCUT2D eigenvalue weighted by Crippen LogP contribution is -2.11. The zero-order chi connectivity index (χ0) is 17.6. The van der Waals surface area contributed by atoms with E-state index >= 15 is 0 Å². The van der Waals surface area contributed by atoms with Gasteiger partial charge in [0.05, 0.1) is 24.3 Å². The summed E-state index contributed by atoms with van der Waals surface area (Å²) in [5, 5.41) is 3.27. The molecule has 0 aliphatic rings. The predicted octanol–water partition coefficient (Wildman–Crippen LogP) is 5.01. The summed E-state index contributed by atoms with van der Waals surface area (Å²) in [6, 6.07) is 14.4. The van der Waals surface area contributed by atoms with Crippen LogP contribution in [0.1, 0.15) is 12.6 Å². The minimum Gasteiger partial charge on any atom is -0.493 e. The molecule has 0 unspecified atom stereocenters. The van der Waals surface area contributed by atoms with E-state index in [-0.39, 0.29) is 12.4 Å². The summed E-state index contributed by atoms with van der Waals surface area (Å²) in [5.41, 5.74) is 1.59. The molecule has 0 fully saturated rings. The molecule has 2 aromatic carbocycles. The van der Waals surface area contributed by atoms with E-state index < -0.39 is 0 Å². The van der Waals surface area contributed by atoms with Crippen molar-refractivity contribution in [2.24, 2.45) is 0 Å². The van der Waals surface area contributed by atoms with E-state index in [2.05, 4.69) is 4.98 Å². The lowest BCUT2D eigenvalue weighted by molar-refractivity contribution is -0.133. The highest BCUT2D eigenvalue weighted by Crippen LogP contribution is 2.32. The molecule has 0 aliphatic carbocycles. The molecule has 25 heavy (non-hydrogen) atoms. The number of carbonyl (C=O) groups is 1. The average Bonchev–Trinajstić information content (AvgIpc) is 3.06. The van der Waals surface area contributed by atoms with E-state index in [1.807, 2.05) is 36.6 Å². The largest absolute Gasteiger partial charge is 0.493 e. The van der Waals surface area contributed by atoms with E-state index in [0.29, 0.717) is 23.1 Å². The monoisotopic (exact) mass is 373 g/mol. The van der Waals surface area contributed by atoms with E-state index in [9.17, 15) is 4.79 Å². The van der Waals surface area contributed by atoms with Gasteiger partial charge in [-0.2, -0.15) is 0 Å². The highest BCUT2D eigenvalue weighted by atomic mass is 35.5. The number of aromatic nitrogens is 1. The van der Waals surface area contributed by atoms with Crippen molar-refractivity contribution in [3.8, 4) is 22.1 Å². The number of halogens is 1. The van der Waals surface area contributed by atoms with Crippen LogP contribution in [0, 0.1) is 0 Å². The second-order valence-electron chi connectivity index (χ2n) is 5.18. The van der Waals surface area contributed by atoms with Crippen LogP contribution in [0.15, 0.2) is 53.9 Å². The van der Waals surface area contributed by atoms with E-state index in [1.165, 1.54) is 11.3 Å². The van der Waals surface area contributed by atoms with Gasteiger partial charge in [-0.25, -0.2) is 4.98 Å². The quantitative estimate of drug-likeness (QED) is 0.450. The summed E-state index contributed by atoms with van der Waals surface area (Å²) in [6.45, 7) is 2.53. The van der Waals surface area contributed by atoms with Crippen molar-refractivity contribution in [1.82, 2.24) is 4.98 Å². The maximum atomic E-state index is 12.1. The number of thiazole rings is 1. The fraction of sp³-hybridized carbons (Fsp3) is 0.158. The zero-order valence-electron chi connectivity index (χ0n) is 13.6. The molecule has 1 heterocycles. The Morgan fingerprint density at radius 3 is 2.68 bits per heavy atom. The number of benzene rings is 2. The highest BCUT2D eigenvalue weighted by Gasteiger charge is 2.13. The van der Waals surface area contributed by atoms with Crippen LogP contribution in [-0.4, -0.2) is 17.6 Å². The number of rotatable bonds is 6. The Kier molecular flexibility index (Phi) is 5.68. The lowest BCUT2D eigenvalue weighted by Gasteiger charge is -2.07. The number of esters is 1. The van der Waals surface area contributed by atoms with Crippen LogP contribution in [0.5, 0.6) is 11.5 Å². The first-order valence-electron chi connectivity index (χ1n) is 7.78. The summed E-state index contributed by atoms with van der Waals surface area (Å²) < 4.78 is 10.9. The second kappa shape index (κ2) is 8.14. The third-order valence-electron chi connectivity index (χ3n) is 3.34. The molecule has 3 aromatic rings. The Morgan fingerprint density at radius 2 is 1.92 bits per heavy atom. The maximum absolute atomic E-state index is 12.1. The van der Waals surface area contributed by atoms with Crippen LogP contribution >= 0.6 is 22.9 Å². The lowest BCUT2D eigenvalue weighted by atomic mass is 10.2. The smallest absolute Gasteiger partial charge is 0.317 e. The van der Waals surface area contributed by atoms with Crippen LogP contribution < -0.4 is 9.47 Å². The molecule has 0 N–H and O–H groups in total. The summed E-state index contributed by atoms with van der Waals surface area (Å²) in [5.74, 6) is 0.887. The van der Waals surface area contributed by atoms with Crippen LogP contribution in [0.3, 0.4) is 0 Å². The first-order chi connectivity index (χ1) is 12.2. The third kappa shape index (κ3) is 4.59. The van der Waals surface area contributed by atoms with E-state index in [4.69, 9.17) is 21.1 Å². The molecule has 3 rings (SSSR count). The molecule has 0 saturated carbocycles. The Bertz CT molecular complexity index is 861. The van der Waals surface area contributed by atoms with Gasteiger partial charge in [0.15, 0.2) is 0 Å². The summed E-state index contributed by atoms with van der Waals surface area (Å²) in [7, 11) is 0. The number of nitrogens with zero attached hydrogens (tertiary/aromatic N) is 1.